The fourth-order valence-corrected chi connectivity index (χ4v) is 16.9. The van der Waals surface area contributed by atoms with Crippen molar-refractivity contribution < 1.29 is 109 Å². The third-order valence-electron chi connectivity index (χ3n) is 24.3. The van der Waals surface area contributed by atoms with Gasteiger partial charge in [0.25, 0.3) is 23.6 Å². The van der Waals surface area contributed by atoms with Gasteiger partial charge >= 0.3 is 5.97 Å². The summed E-state index contributed by atoms with van der Waals surface area (Å²) in [6, 6.07) is 37.6. The Kier molecular flexibility index (Phi) is 36.9. The molecule has 16 rings (SSSR count). The number of imide groups is 2. The largest absolute Gasteiger partial charge is 0.481 e. The fraction of sp³-hybridized carbons (Fsp3) is 0.380. The van der Waals surface area contributed by atoms with E-state index in [9.17, 15) is 75.1 Å². The number of nitrogens with zero attached hydrogens (tertiary/aromatic N) is 5. The molecule has 141 heavy (non-hydrogen) atoms. The average Bonchev–Trinajstić information content (AvgIpc) is 1.68. The van der Waals surface area contributed by atoms with Crippen LogP contribution in [0.5, 0.6) is 0 Å². The van der Waals surface area contributed by atoms with Crippen LogP contribution in [-0.4, -0.2) is 271 Å². The topological polar surface area (TPSA) is 480 Å². The monoisotopic (exact) mass is 1940 g/mol. The highest BCUT2D eigenvalue weighted by molar-refractivity contribution is 6.13. The number of H-pyrrole nitrogens is 2. The highest BCUT2D eigenvalue weighted by atomic mass is 19.1. The molecule has 0 aliphatic carbocycles. The molecule has 8 aromatic carbocycles. The van der Waals surface area contributed by atoms with Crippen molar-refractivity contribution in [2.45, 2.75) is 101 Å². The first-order valence-corrected chi connectivity index (χ1v) is 46.8. The molecule has 6 saturated heterocycles. The minimum Gasteiger partial charge on any atom is -0.481 e. The van der Waals surface area contributed by atoms with Gasteiger partial charge in [-0.2, -0.15) is 10.2 Å². The maximum absolute atomic E-state index is 14.0. The Morgan fingerprint density at radius 3 is 1.28 bits per heavy atom. The lowest BCUT2D eigenvalue weighted by Crippen LogP contribution is -2.52. The molecule has 37 nitrogen and oxygen atoms in total. The van der Waals surface area contributed by atoms with E-state index in [0.29, 0.717) is 180 Å². The maximum Gasteiger partial charge on any atom is 0.305 e. The molecule has 9 amide bonds. The van der Waals surface area contributed by atoms with Crippen molar-refractivity contribution >= 4 is 139 Å². The van der Waals surface area contributed by atoms with Gasteiger partial charge in [0.1, 0.15) is 35.4 Å². The van der Waals surface area contributed by atoms with E-state index in [1.807, 2.05) is 65.6 Å². The molecular weight excluding hydrogens is 1830 g/mol. The molecule has 0 radical (unpaired) electrons. The number of hydrogen-bond acceptors (Lipinski definition) is 27. The summed E-state index contributed by atoms with van der Waals surface area (Å²) >= 11 is 0. The molecule has 744 valence electrons. The zero-order valence-corrected chi connectivity index (χ0v) is 77.4. The number of aliphatic carboxylic acids is 1. The second-order valence-electron chi connectivity index (χ2n) is 34.3. The third kappa shape index (κ3) is 29.7. The molecule has 10 aromatic rings. The molecule has 41 heteroatoms. The lowest BCUT2D eigenvalue weighted by molar-refractivity contribution is -0.138. The highest BCUT2D eigenvalue weighted by Gasteiger charge is 2.33. The number of aldehydes is 2. The number of carboxylic acids is 1. The summed E-state index contributed by atoms with van der Waals surface area (Å²) < 4.78 is 88.1. The Balaban J connectivity index is 0.000000187. The van der Waals surface area contributed by atoms with Crippen LogP contribution in [0.1, 0.15) is 149 Å². The summed E-state index contributed by atoms with van der Waals surface area (Å²) in [4.78, 5) is 152. The number of carboxylic acid groups (broad SMARTS) is 1. The summed E-state index contributed by atoms with van der Waals surface area (Å²) in [7, 11) is 0. The van der Waals surface area contributed by atoms with Gasteiger partial charge in [0.05, 0.1) is 99.0 Å². The van der Waals surface area contributed by atoms with Gasteiger partial charge in [-0.25, -0.2) is 17.6 Å². The summed E-state index contributed by atoms with van der Waals surface area (Å²) in [5.41, 5.74) is 10.2. The molecule has 0 saturated carbocycles. The van der Waals surface area contributed by atoms with Gasteiger partial charge in [-0.15, -0.1) is 0 Å². The maximum atomic E-state index is 14.0. The van der Waals surface area contributed by atoms with E-state index in [1.54, 1.807) is 18.2 Å². The Bertz CT molecular complexity index is 6100. The van der Waals surface area contributed by atoms with Crippen molar-refractivity contribution in [1.82, 2.24) is 51.9 Å². The molecule has 2 unspecified atom stereocenters. The number of aromatic amines is 2. The van der Waals surface area contributed by atoms with Crippen LogP contribution in [0.3, 0.4) is 0 Å². The van der Waals surface area contributed by atoms with E-state index in [1.165, 1.54) is 48.5 Å². The molecule has 6 fully saturated rings. The van der Waals surface area contributed by atoms with Crippen molar-refractivity contribution in [1.29, 1.82) is 0 Å². The first-order valence-electron chi connectivity index (χ1n) is 46.8. The van der Waals surface area contributed by atoms with E-state index in [2.05, 4.69) is 94.7 Å². The van der Waals surface area contributed by atoms with Gasteiger partial charge in [-0.05, 0) is 195 Å². The number of nitrogens with one attached hydrogen (secondary N) is 13. The number of hydrogen-bond donors (Lipinski definition) is 14. The lowest BCUT2D eigenvalue weighted by Gasteiger charge is -2.36. The van der Waals surface area contributed by atoms with Gasteiger partial charge in [0.15, 0.2) is 24.2 Å². The normalized spacial score (nSPS) is 16.3. The van der Waals surface area contributed by atoms with Crippen LogP contribution < -0.4 is 68.3 Å². The van der Waals surface area contributed by atoms with Crippen LogP contribution in [0.2, 0.25) is 0 Å². The van der Waals surface area contributed by atoms with Gasteiger partial charge in [0.2, 0.25) is 29.5 Å². The van der Waals surface area contributed by atoms with E-state index >= 15 is 0 Å². The first kappa shape index (κ1) is 102. The van der Waals surface area contributed by atoms with Gasteiger partial charge in [-0.3, -0.25) is 78.4 Å². The summed E-state index contributed by atoms with van der Waals surface area (Å²) in [5.74, 6) is -6.48. The molecule has 14 N–H and O–H groups in total. The summed E-state index contributed by atoms with van der Waals surface area (Å²) in [6.45, 7) is 11.5. The lowest BCUT2D eigenvalue weighted by atomic mass is 10.0. The van der Waals surface area contributed by atoms with Crippen molar-refractivity contribution in [3.8, 4) is 0 Å². The van der Waals surface area contributed by atoms with Gasteiger partial charge in [-0.1, -0.05) is 12.1 Å². The number of rotatable bonds is 40. The van der Waals surface area contributed by atoms with Crippen LogP contribution >= 0.6 is 0 Å². The number of amides is 9. The van der Waals surface area contributed by atoms with Crippen molar-refractivity contribution in [2.75, 3.05) is 186 Å². The number of carbonyl (C=O) groups is 12. The smallest absolute Gasteiger partial charge is 0.305 e. The van der Waals surface area contributed by atoms with Crippen molar-refractivity contribution in [2.24, 2.45) is 0 Å². The van der Waals surface area contributed by atoms with Crippen LogP contribution in [-0.2, 0) is 70.0 Å². The zero-order chi connectivity index (χ0) is 99.1. The van der Waals surface area contributed by atoms with Gasteiger partial charge < -0.3 is 96.1 Å². The van der Waals surface area contributed by atoms with Crippen LogP contribution in [0, 0.1) is 23.3 Å². The Morgan fingerprint density at radius 2 is 0.858 bits per heavy atom. The number of fused-ring (bicyclic) bond motifs is 2. The number of ether oxygens (including phenoxy) is 6. The van der Waals surface area contributed by atoms with E-state index in [0.717, 1.165) is 103 Å². The predicted molar refractivity (Wildman–Crippen MR) is 516 cm³/mol. The van der Waals surface area contributed by atoms with Gasteiger partial charge in [0, 0.05) is 185 Å². The number of halogens is 4. The van der Waals surface area contributed by atoms with E-state index in [4.69, 9.17) is 33.5 Å². The van der Waals surface area contributed by atoms with Crippen LogP contribution in [0.25, 0.3) is 21.8 Å². The van der Waals surface area contributed by atoms with E-state index in [-0.39, 0.29) is 123 Å². The van der Waals surface area contributed by atoms with Crippen molar-refractivity contribution in [3.63, 3.8) is 0 Å². The predicted octanol–water partition coefficient (Wildman–Crippen LogP) is 9.45. The second-order valence-corrected chi connectivity index (χ2v) is 34.3. The molecule has 6 aliphatic rings. The number of piperidine rings is 2. The minimum absolute atomic E-state index is 0.00899. The second kappa shape index (κ2) is 50.8. The zero-order valence-electron chi connectivity index (χ0n) is 77.4. The fourth-order valence-electron chi connectivity index (χ4n) is 16.9. The SMILES string of the molecule is O=C(Nc1n[nH]c2ccc(Cc3cc(F)cc(F)c3)cc12)c1ccc(N2CCNCC2)cc1NC1CCOCC1.O=Cc1ccc(NCCOCCOCCC(=O)N2CCN(c3ccc(C(=O)Nc4n[nH]c5ccc(Cc6cc(F)cc(F)c6)cc45)c(NC4CCOCC4)c3)CC2)cc1C(=O)NC1CCC(=O)NC1=O.O=Cc1ccc(NCCOCCOCCC(=O)O)cc1C(=O)NC1CCC(=O)NC1=O. The number of benzene rings is 8. The molecule has 0 spiro atoms. The molecule has 8 heterocycles. The summed E-state index contributed by atoms with van der Waals surface area (Å²) in [5, 5.41) is 56.7. The molecule has 0 bridgehead atoms. The molecule has 6 aliphatic heterocycles. The number of carbonyl (C=O) groups excluding carboxylic acids is 11. The quantitative estimate of drug-likeness (QED) is 0.00735. The minimum atomic E-state index is -0.920. The van der Waals surface area contributed by atoms with Crippen LogP contribution in [0.4, 0.5) is 63.3 Å². The van der Waals surface area contributed by atoms with E-state index < -0.39 is 70.9 Å². The third-order valence-corrected chi connectivity index (χ3v) is 24.3. The standard InChI is InChI=1S/C50H55F2N9O9.C30H32F2N6O2.C20H25N3O8/c51-34-24-32(25-35(52)27-34)23-31-1-6-42-41(26-31)47(59-58-42)57-48(65)39-5-4-38(29-44(39)54-36-9-17-68-18-10-36)60-13-15-61(16-14-60)46(64)11-19-69-21-22-70-20-12-53-37-3-2-33(30-62)40(28-37)49(66)55-43-7-8-45(63)56-50(43)67;31-21-14-20(15-22(32)17-21)13-19-1-4-27-26(16-19)29(37-36-27)35-30(39)25-3-2-24(38-9-7-33-8-10-38)18-28(25)34-23-5-11-40-12-6-23;24-12-13-1-2-14(21-6-8-31-10-9-30-7-5-18(26)27)11-15(13)19(28)22-16-3-4-17(25)23-20(16)29/h1-6,24-30,36,43,53-54H,7-23H2,(H,55,66)(H,56,63,67)(H2,57,58,59,65);1-4,14-18,23,33-34H,5-13H2,(H2,35,36,37,39);1-2,11-12,16,21H,3-10H2,(H,22,28)(H,26,27)(H,23,25,29). The Morgan fingerprint density at radius 1 is 0.440 bits per heavy atom. The first-order chi connectivity index (χ1) is 68.4. The van der Waals surface area contributed by atoms with Crippen molar-refractivity contribution in [3.05, 3.63) is 224 Å². The Labute approximate surface area is 808 Å². The number of anilines is 8. The van der Waals surface area contributed by atoms with Crippen LogP contribution in [0.15, 0.2) is 146 Å². The summed E-state index contributed by atoms with van der Waals surface area (Å²) in [6.07, 6.45) is 5.83. The highest BCUT2D eigenvalue weighted by Crippen LogP contribution is 2.34. The molecular formula is C100H112F4N18O19. The number of aromatic nitrogens is 4. The Hall–Kier alpha value is -14.6. The number of piperazine rings is 2. The molecule has 2 atom stereocenters. The average molecular weight is 1950 g/mol. The molecule has 2 aromatic heterocycles.